The molecule has 23 heavy (non-hydrogen) atoms. The molecule has 5 heteroatoms. The number of likely N-dealkylation sites (N-methyl/N-ethyl adjacent to an activating group) is 1. The minimum absolute atomic E-state index is 0.0190. The molecule has 2 rings (SSSR count). The van der Waals surface area contributed by atoms with E-state index >= 15 is 0 Å². The first-order chi connectivity index (χ1) is 11.0. The second-order valence-corrected chi connectivity index (χ2v) is 5.57. The molecular formula is C18H21F2NO2. The zero-order valence-electron chi connectivity index (χ0n) is 13.0. The highest BCUT2D eigenvalue weighted by Crippen LogP contribution is 2.25. The highest BCUT2D eigenvalue weighted by Gasteiger charge is 2.20. The van der Waals surface area contributed by atoms with Crippen LogP contribution >= 0.6 is 0 Å². The SMILES string of the molecule is CN(CC(O)c1ccc(F)c(F)c1)C(CCO)c1ccccc1. The third-order valence-electron chi connectivity index (χ3n) is 3.91. The highest BCUT2D eigenvalue weighted by molar-refractivity contribution is 5.21. The molecule has 0 aliphatic heterocycles. The molecule has 2 unspecified atom stereocenters. The van der Waals surface area contributed by atoms with Crippen LogP contribution in [-0.2, 0) is 0 Å². The number of aliphatic hydroxyl groups excluding tert-OH is 2. The van der Waals surface area contributed by atoms with E-state index in [1.165, 1.54) is 6.07 Å². The molecular weight excluding hydrogens is 300 g/mol. The van der Waals surface area contributed by atoms with Gasteiger partial charge in [-0.25, -0.2) is 8.78 Å². The van der Waals surface area contributed by atoms with Crippen LogP contribution in [0.1, 0.15) is 29.7 Å². The summed E-state index contributed by atoms with van der Waals surface area (Å²) in [6, 6.07) is 13.0. The third kappa shape index (κ3) is 4.58. The molecule has 0 aromatic heterocycles. The quantitative estimate of drug-likeness (QED) is 0.824. The fourth-order valence-corrected chi connectivity index (χ4v) is 2.66. The lowest BCUT2D eigenvalue weighted by Crippen LogP contribution is -2.30. The van der Waals surface area contributed by atoms with Crippen LogP contribution in [0.2, 0.25) is 0 Å². The normalized spacial score (nSPS) is 14.0. The average molecular weight is 321 g/mol. The molecule has 0 aliphatic rings. The van der Waals surface area contributed by atoms with Gasteiger partial charge in [0.05, 0.1) is 6.10 Å². The smallest absolute Gasteiger partial charge is 0.159 e. The van der Waals surface area contributed by atoms with Crippen LogP contribution in [0.4, 0.5) is 8.78 Å². The molecule has 0 spiro atoms. The molecule has 0 saturated heterocycles. The minimum Gasteiger partial charge on any atom is -0.396 e. The predicted molar refractivity (Wildman–Crippen MR) is 84.8 cm³/mol. The molecule has 124 valence electrons. The molecule has 0 saturated carbocycles. The molecule has 0 fully saturated rings. The van der Waals surface area contributed by atoms with Gasteiger partial charge in [-0.15, -0.1) is 0 Å². The van der Waals surface area contributed by atoms with Crippen molar-refractivity contribution in [2.24, 2.45) is 0 Å². The molecule has 2 aromatic carbocycles. The Bertz CT molecular complexity index is 622. The maximum Gasteiger partial charge on any atom is 0.159 e. The van der Waals surface area contributed by atoms with E-state index in [9.17, 15) is 19.0 Å². The zero-order chi connectivity index (χ0) is 16.8. The Hall–Kier alpha value is -1.82. The van der Waals surface area contributed by atoms with Crippen molar-refractivity contribution in [1.29, 1.82) is 0 Å². The first-order valence-corrected chi connectivity index (χ1v) is 7.52. The number of benzene rings is 2. The maximum absolute atomic E-state index is 13.3. The van der Waals surface area contributed by atoms with E-state index in [4.69, 9.17) is 0 Å². The zero-order valence-corrected chi connectivity index (χ0v) is 13.0. The lowest BCUT2D eigenvalue weighted by molar-refractivity contribution is 0.0935. The van der Waals surface area contributed by atoms with Crippen molar-refractivity contribution in [3.05, 3.63) is 71.3 Å². The van der Waals surface area contributed by atoms with Gasteiger partial charge in [-0.05, 0) is 36.7 Å². The van der Waals surface area contributed by atoms with E-state index in [1.54, 1.807) is 0 Å². The summed E-state index contributed by atoms with van der Waals surface area (Å²) in [5.74, 6) is -1.91. The van der Waals surface area contributed by atoms with Gasteiger partial charge < -0.3 is 10.2 Å². The fourth-order valence-electron chi connectivity index (χ4n) is 2.66. The third-order valence-corrected chi connectivity index (χ3v) is 3.91. The van der Waals surface area contributed by atoms with Crippen molar-refractivity contribution >= 4 is 0 Å². The second-order valence-electron chi connectivity index (χ2n) is 5.57. The number of nitrogens with zero attached hydrogens (tertiary/aromatic N) is 1. The first kappa shape index (κ1) is 17.5. The largest absolute Gasteiger partial charge is 0.396 e. The van der Waals surface area contributed by atoms with Crippen LogP contribution in [0.3, 0.4) is 0 Å². The molecule has 3 nitrogen and oxygen atoms in total. The van der Waals surface area contributed by atoms with Gasteiger partial charge in [-0.3, -0.25) is 4.90 Å². The molecule has 0 aliphatic carbocycles. The standard InChI is InChI=1S/C18H21F2NO2/c1-21(17(9-10-22)13-5-3-2-4-6-13)12-18(23)14-7-8-15(19)16(20)11-14/h2-8,11,17-18,22-23H,9-10,12H2,1H3. The Kier molecular flexibility index (Phi) is 6.21. The number of halogens is 2. The van der Waals surface area contributed by atoms with Crippen molar-refractivity contribution < 1.29 is 19.0 Å². The summed E-state index contributed by atoms with van der Waals surface area (Å²) in [6.45, 7) is 0.260. The summed E-state index contributed by atoms with van der Waals surface area (Å²) in [4.78, 5) is 1.90. The van der Waals surface area contributed by atoms with Gasteiger partial charge in [0.25, 0.3) is 0 Å². The second kappa shape index (κ2) is 8.15. The van der Waals surface area contributed by atoms with Gasteiger partial charge in [-0.2, -0.15) is 0 Å². The topological polar surface area (TPSA) is 43.7 Å². The Morgan fingerprint density at radius 1 is 1.00 bits per heavy atom. The number of hydrogen-bond donors (Lipinski definition) is 2. The molecule has 0 radical (unpaired) electrons. The van der Waals surface area contributed by atoms with Gasteiger partial charge in [0, 0.05) is 19.2 Å². The molecule has 0 amide bonds. The summed E-state index contributed by atoms with van der Waals surface area (Å²) >= 11 is 0. The van der Waals surface area contributed by atoms with Crippen molar-refractivity contribution in [2.45, 2.75) is 18.6 Å². The summed E-state index contributed by atoms with van der Waals surface area (Å²) in [7, 11) is 1.83. The minimum atomic E-state index is -0.973. The number of hydrogen-bond acceptors (Lipinski definition) is 3. The first-order valence-electron chi connectivity index (χ1n) is 7.52. The molecule has 2 atom stereocenters. The molecule has 0 bridgehead atoms. The Balaban J connectivity index is 2.11. The van der Waals surface area contributed by atoms with Gasteiger partial charge >= 0.3 is 0 Å². The summed E-state index contributed by atoms with van der Waals surface area (Å²) in [5.41, 5.74) is 1.35. The van der Waals surface area contributed by atoms with Gasteiger partial charge in [0.1, 0.15) is 0 Å². The van der Waals surface area contributed by atoms with Crippen molar-refractivity contribution in [1.82, 2.24) is 4.90 Å². The Labute approximate surface area is 134 Å². The van der Waals surface area contributed by atoms with E-state index in [-0.39, 0.29) is 19.2 Å². The summed E-state index contributed by atoms with van der Waals surface area (Å²) in [6.07, 6.45) is -0.426. The lowest BCUT2D eigenvalue weighted by atomic mass is 10.0. The molecule has 2 N–H and O–H groups in total. The van der Waals surface area contributed by atoms with Gasteiger partial charge in [-0.1, -0.05) is 36.4 Å². The van der Waals surface area contributed by atoms with Crippen LogP contribution < -0.4 is 0 Å². The number of aliphatic hydroxyl groups is 2. The molecule has 0 heterocycles. The van der Waals surface area contributed by atoms with E-state index in [2.05, 4.69) is 0 Å². The van der Waals surface area contributed by atoms with Crippen LogP contribution in [0.5, 0.6) is 0 Å². The van der Waals surface area contributed by atoms with E-state index in [0.717, 1.165) is 17.7 Å². The molecule has 2 aromatic rings. The van der Waals surface area contributed by atoms with Gasteiger partial charge in [0.2, 0.25) is 0 Å². The van der Waals surface area contributed by atoms with Crippen molar-refractivity contribution in [3.63, 3.8) is 0 Å². The van der Waals surface area contributed by atoms with E-state index < -0.39 is 17.7 Å². The van der Waals surface area contributed by atoms with Crippen molar-refractivity contribution in [2.75, 3.05) is 20.2 Å². The van der Waals surface area contributed by atoms with E-state index in [1.807, 2.05) is 42.3 Å². The Morgan fingerprint density at radius 2 is 1.70 bits per heavy atom. The average Bonchev–Trinajstić information content (AvgIpc) is 2.55. The predicted octanol–water partition coefficient (Wildman–Crippen LogP) is 3.05. The van der Waals surface area contributed by atoms with Crippen molar-refractivity contribution in [3.8, 4) is 0 Å². The monoisotopic (exact) mass is 321 g/mol. The van der Waals surface area contributed by atoms with Crippen LogP contribution in [-0.4, -0.2) is 35.3 Å². The fraction of sp³-hybridized carbons (Fsp3) is 0.333. The summed E-state index contributed by atoms with van der Waals surface area (Å²) < 4.78 is 26.3. The van der Waals surface area contributed by atoms with Gasteiger partial charge in [0.15, 0.2) is 11.6 Å². The highest BCUT2D eigenvalue weighted by atomic mass is 19.2. The number of rotatable bonds is 7. The summed E-state index contributed by atoms with van der Waals surface area (Å²) in [5, 5.41) is 19.6. The van der Waals surface area contributed by atoms with Crippen LogP contribution in [0, 0.1) is 11.6 Å². The maximum atomic E-state index is 13.3. The Morgan fingerprint density at radius 3 is 2.30 bits per heavy atom. The lowest BCUT2D eigenvalue weighted by Gasteiger charge is -2.30. The van der Waals surface area contributed by atoms with Crippen LogP contribution in [0.25, 0.3) is 0 Å². The van der Waals surface area contributed by atoms with E-state index in [0.29, 0.717) is 12.0 Å². The van der Waals surface area contributed by atoms with Crippen LogP contribution in [0.15, 0.2) is 48.5 Å².